The molecule has 10 aromatic rings. The van der Waals surface area contributed by atoms with E-state index in [9.17, 15) is 0 Å². The maximum Gasteiger partial charge on any atom is 0.101 e. The van der Waals surface area contributed by atoms with Crippen molar-refractivity contribution in [1.82, 2.24) is 9.61 Å². The summed E-state index contributed by atoms with van der Waals surface area (Å²) in [6.07, 6.45) is 0. The fourth-order valence-corrected chi connectivity index (χ4v) is 7.83. The zero-order valence-corrected chi connectivity index (χ0v) is 29.5. The van der Waals surface area contributed by atoms with Crippen molar-refractivity contribution in [1.29, 1.82) is 0 Å². The monoisotopic (exact) mass is 689 g/mol. The minimum atomic E-state index is 0.964. The molecule has 0 atom stereocenters. The van der Waals surface area contributed by atoms with E-state index >= 15 is 0 Å². The second-order valence-electron chi connectivity index (χ2n) is 13.6. The van der Waals surface area contributed by atoms with E-state index in [0.29, 0.717) is 0 Å². The van der Waals surface area contributed by atoms with Crippen LogP contribution in [0, 0.1) is 0 Å². The summed E-state index contributed by atoms with van der Waals surface area (Å²) in [5.41, 5.74) is 13.3. The average Bonchev–Trinajstić information content (AvgIpc) is 3.66. The van der Waals surface area contributed by atoms with Gasteiger partial charge in [0.05, 0.1) is 16.9 Å². The Morgan fingerprint density at radius 1 is 0.370 bits per heavy atom. The molecule has 54 heavy (non-hydrogen) atoms. The molecule has 3 heteroatoms. The van der Waals surface area contributed by atoms with Crippen LogP contribution in [0.1, 0.15) is 0 Å². The summed E-state index contributed by atoms with van der Waals surface area (Å²) in [7, 11) is 0. The molecule has 0 spiro atoms. The maximum atomic E-state index is 5.41. The molecule has 0 unspecified atom stereocenters. The number of aromatic nitrogens is 2. The van der Waals surface area contributed by atoms with Crippen molar-refractivity contribution in [2.75, 3.05) is 4.90 Å². The van der Waals surface area contributed by atoms with Crippen LogP contribution in [0.15, 0.2) is 212 Å². The zero-order chi connectivity index (χ0) is 35.8. The third-order valence-electron chi connectivity index (χ3n) is 10.4. The van der Waals surface area contributed by atoms with Crippen molar-refractivity contribution in [3.8, 4) is 44.8 Å². The number of hydrogen-bond donors (Lipinski definition) is 0. The van der Waals surface area contributed by atoms with Crippen LogP contribution >= 0.6 is 0 Å². The van der Waals surface area contributed by atoms with Crippen molar-refractivity contribution in [2.45, 2.75) is 0 Å². The molecular formula is C51H35N3. The van der Waals surface area contributed by atoms with Crippen LogP contribution < -0.4 is 4.90 Å². The van der Waals surface area contributed by atoms with E-state index in [1.807, 2.05) is 0 Å². The first-order chi connectivity index (χ1) is 26.8. The standard InChI is InChI=1S/C51H35N3/c1-5-16-36(17-6-1)37-28-30-43(31-29-37)53(47-27-15-25-38-18-13-14-26-45(38)47)44-32-33-46-42(34-44)35-48(39-19-7-2-8-20-39)54-51(46)49(40-21-9-3-10-22-40)50(52-54)41-23-11-4-12-24-41/h1-35H. The summed E-state index contributed by atoms with van der Waals surface area (Å²) in [6, 6.07) is 75.8. The van der Waals surface area contributed by atoms with Gasteiger partial charge >= 0.3 is 0 Å². The van der Waals surface area contributed by atoms with Crippen molar-refractivity contribution in [2.24, 2.45) is 0 Å². The highest BCUT2D eigenvalue weighted by molar-refractivity contribution is 6.10. The van der Waals surface area contributed by atoms with E-state index in [-0.39, 0.29) is 0 Å². The molecule has 0 aliphatic rings. The number of rotatable bonds is 7. The Bertz CT molecular complexity index is 2890. The van der Waals surface area contributed by atoms with Gasteiger partial charge in [0.1, 0.15) is 5.69 Å². The Morgan fingerprint density at radius 3 is 1.63 bits per heavy atom. The number of hydrogen-bond acceptors (Lipinski definition) is 2. The molecule has 0 saturated carbocycles. The van der Waals surface area contributed by atoms with E-state index in [4.69, 9.17) is 5.10 Å². The van der Waals surface area contributed by atoms with Gasteiger partial charge in [0.25, 0.3) is 0 Å². The van der Waals surface area contributed by atoms with Crippen molar-refractivity contribution in [3.63, 3.8) is 0 Å². The number of anilines is 3. The fourth-order valence-electron chi connectivity index (χ4n) is 7.83. The van der Waals surface area contributed by atoms with Crippen molar-refractivity contribution < 1.29 is 0 Å². The number of nitrogens with zero attached hydrogens (tertiary/aromatic N) is 3. The van der Waals surface area contributed by atoms with Crippen molar-refractivity contribution >= 4 is 44.1 Å². The highest BCUT2D eigenvalue weighted by Crippen LogP contribution is 2.44. The number of fused-ring (bicyclic) bond motifs is 4. The summed E-state index contributed by atoms with van der Waals surface area (Å²) >= 11 is 0. The largest absolute Gasteiger partial charge is 0.310 e. The first-order valence-electron chi connectivity index (χ1n) is 18.4. The molecule has 0 bridgehead atoms. The summed E-state index contributed by atoms with van der Waals surface area (Å²) in [4.78, 5) is 2.40. The van der Waals surface area contributed by atoms with Crippen LogP contribution in [0.2, 0.25) is 0 Å². The highest BCUT2D eigenvalue weighted by atomic mass is 15.2. The fraction of sp³-hybridized carbons (Fsp3) is 0. The molecule has 2 heterocycles. The zero-order valence-electron chi connectivity index (χ0n) is 29.5. The number of pyridine rings is 1. The van der Waals surface area contributed by atoms with Gasteiger partial charge in [-0.3, -0.25) is 0 Å². The smallest absolute Gasteiger partial charge is 0.101 e. The van der Waals surface area contributed by atoms with Crippen LogP contribution in [0.5, 0.6) is 0 Å². The van der Waals surface area contributed by atoms with Gasteiger partial charge in [0, 0.05) is 38.8 Å². The van der Waals surface area contributed by atoms with Gasteiger partial charge in [0.2, 0.25) is 0 Å². The molecule has 0 aliphatic heterocycles. The topological polar surface area (TPSA) is 20.5 Å². The van der Waals surface area contributed by atoms with Crippen LogP contribution in [-0.2, 0) is 0 Å². The molecule has 2 aromatic heterocycles. The molecular weight excluding hydrogens is 655 g/mol. The molecule has 8 aromatic carbocycles. The summed E-state index contributed by atoms with van der Waals surface area (Å²) in [6.45, 7) is 0. The van der Waals surface area contributed by atoms with Crippen LogP contribution in [-0.4, -0.2) is 9.61 Å². The highest BCUT2D eigenvalue weighted by Gasteiger charge is 2.23. The third kappa shape index (κ3) is 5.51. The summed E-state index contributed by atoms with van der Waals surface area (Å²) in [5, 5.41) is 10.1. The Morgan fingerprint density at radius 2 is 0.926 bits per heavy atom. The molecule has 0 N–H and O–H groups in total. The second-order valence-corrected chi connectivity index (χ2v) is 13.6. The quantitative estimate of drug-likeness (QED) is 0.166. The summed E-state index contributed by atoms with van der Waals surface area (Å²) in [5.74, 6) is 0. The lowest BCUT2D eigenvalue weighted by Gasteiger charge is -2.27. The first kappa shape index (κ1) is 31.5. The van der Waals surface area contributed by atoms with E-state index in [1.54, 1.807) is 0 Å². The molecule has 0 saturated heterocycles. The Kier molecular flexibility index (Phi) is 7.81. The normalized spacial score (nSPS) is 11.3. The van der Waals surface area contributed by atoms with Gasteiger partial charge < -0.3 is 4.90 Å². The van der Waals surface area contributed by atoms with Gasteiger partial charge in [-0.2, -0.15) is 5.10 Å². The molecule has 0 radical (unpaired) electrons. The van der Waals surface area contributed by atoms with Crippen LogP contribution in [0.25, 0.3) is 71.8 Å². The first-order valence-corrected chi connectivity index (χ1v) is 18.4. The van der Waals surface area contributed by atoms with Gasteiger partial charge in [-0.25, -0.2) is 4.52 Å². The minimum absolute atomic E-state index is 0.964. The lowest BCUT2D eigenvalue weighted by atomic mass is 9.96. The minimum Gasteiger partial charge on any atom is -0.310 e. The molecule has 3 nitrogen and oxygen atoms in total. The second kappa shape index (κ2) is 13.4. The molecule has 10 rings (SSSR count). The lowest BCUT2D eigenvalue weighted by molar-refractivity contribution is 0.979. The van der Waals surface area contributed by atoms with Crippen LogP contribution in [0.4, 0.5) is 17.1 Å². The van der Waals surface area contributed by atoms with Gasteiger partial charge in [-0.05, 0) is 63.9 Å². The molecule has 254 valence electrons. The Balaban J connectivity index is 1.25. The average molecular weight is 690 g/mol. The third-order valence-corrected chi connectivity index (χ3v) is 10.4. The van der Waals surface area contributed by atoms with E-state index < -0.39 is 0 Å². The van der Waals surface area contributed by atoms with Gasteiger partial charge in [-0.1, -0.05) is 176 Å². The van der Waals surface area contributed by atoms with E-state index in [1.165, 1.54) is 21.9 Å². The van der Waals surface area contributed by atoms with E-state index in [0.717, 1.165) is 67.0 Å². The van der Waals surface area contributed by atoms with Crippen molar-refractivity contribution in [3.05, 3.63) is 212 Å². The SMILES string of the molecule is c1ccc(-c2ccc(N(c3ccc4c(c3)cc(-c3ccccc3)n3nc(-c5ccccc5)c(-c5ccccc5)c43)c3cccc4ccccc34)cc2)cc1. The van der Waals surface area contributed by atoms with E-state index in [2.05, 4.69) is 222 Å². The Labute approximate surface area is 314 Å². The van der Waals surface area contributed by atoms with Gasteiger partial charge in [0.15, 0.2) is 0 Å². The predicted octanol–water partition coefficient (Wildman–Crippen LogP) is 13.8. The lowest BCUT2D eigenvalue weighted by Crippen LogP contribution is -2.10. The van der Waals surface area contributed by atoms with Gasteiger partial charge in [-0.15, -0.1) is 0 Å². The Hall–Kier alpha value is -7.23. The predicted molar refractivity (Wildman–Crippen MR) is 227 cm³/mol. The van der Waals surface area contributed by atoms with Crippen LogP contribution in [0.3, 0.4) is 0 Å². The number of benzene rings is 8. The maximum absolute atomic E-state index is 5.41. The summed E-state index contributed by atoms with van der Waals surface area (Å²) < 4.78 is 2.16. The molecule has 0 aliphatic carbocycles. The molecule has 0 fully saturated rings. The molecule has 0 amide bonds.